The molecule has 0 aliphatic carbocycles. The van der Waals surface area contributed by atoms with E-state index in [2.05, 4.69) is 15.5 Å². The molecule has 0 spiro atoms. The number of aromatic nitrogens is 2. The molecule has 0 radical (unpaired) electrons. The molecule has 2 aromatic rings. The molecule has 4 heteroatoms. The molecule has 15 heavy (non-hydrogen) atoms. The number of hydrogen-bond donors (Lipinski definition) is 2. The van der Waals surface area contributed by atoms with Crippen LogP contribution in [0.5, 0.6) is 0 Å². The molecule has 0 fully saturated rings. The first kappa shape index (κ1) is 9.45. The number of carbonyl (C=O) groups excluding carboxylic acids is 1. The molecule has 0 aliphatic heterocycles. The highest BCUT2D eigenvalue weighted by Gasteiger charge is 2.06. The molecule has 0 saturated heterocycles. The van der Waals surface area contributed by atoms with Crippen molar-refractivity contribution in [2.45, 2.75) is 6.92 Å². The van der Waals surface area contributed by atoms with Gasteiger partial charge in [-0.2, -0.15) is 5.10 Å². The standard InChI is InChI=1S/C11H11N3O/c1-8-3-2-4-10(5-8)14-11(15)9-6-12-13-7-9/h2-7H,1H3,(H,12,13)(H,14,15). The molecule has 0 aliphatic rings. The Morgan fingerprint density at radius 2 is 2.33 bits per heavy atom. The van der Waals surface area contributed by atoms with E-state index < -0.39 is 0 Å². The Morgan fingerprint density at radius 1 is 1.47 bits per heavy atom. The van der Waals surface area contributed by atoms with Gasteiger partial charge in [0.05, 0.1) is 11.8 Å². The zero-order chi connectivity index (χ0) is 10.7. The summed E-state index contributed by atoms with van der Waals surface area (Å²) in [5, 5.41) is 9.10. The highest BCUT2D eigenvalue weighted by Crippen LogP contribution is 2.10. The van der Waals surface area contributed by atoms with E-state index in [0.717, 1.165) is 11.3 Å². The van der Waals surface area contributed by atoms with Crippen molar-refractivity contribution < 1.29 is 4.79 Å². The van der Waals surface area contributed by atoms with E-state index in [9.17, 15) is 4.79 Å². The lowest BCUT2D eigenvalue weighted by molar-refractivity contribution is 0.102. The lowest BCUT2D eigenvalue weighted by atomic mass is 10.2. The zero-order valence-electron chi connectivity index (χ0n) is 8.32. The topological polar surface area (TPSA) is 57.8 Å². The second-order valence-corrected chi connectivity index (χ2v) is 3.31. The summed E-state index contributed by atoms with van der Waals surface area (Å²) in [6, 6.07) is 7.65. The van der Waals surface area contributed by atoms with Crippen LogP contribution in [0.2, 0.25) is 0 Å². The number of aromatic amines is 1. The molecule has 4 nitrogen and oxygen atoms in total. The van der Waals surface area contributed by atoms with E-state index in [1.807, 2.05) is 31.2 Å². The molecule has 0 atom stereocenters. The summed E-state index contributed by atoms with van der Waals surface area (Å²) in [7, 11) is 0. The molecule has 1 aromatic heterocycles. The van der Waals surface area contributed by atoms with E-state index in [0.29, 0.717) is 5.56 Å². The Kier molecular flexibility index (Phi) is 2.49. The number of rotatable bonds is 2. The molecule has 0 saturated carbocycles. The molecule has 1 heterocycles. The maximum Gasteiger partial charge on any atom is 0.258 e. The van der Waals surface area contributed by atoms with Crippen molar-refractivity contribution in [3.05, 3.63) is 47.8 Å². The number of benzene rings is 1. The number of nitrogens with zero attached hydrogens (tertiary/aromatic N) is 1. The maximum atomic E-state index is 11.6. The van der Waals surface area contributed by atoms with Crippen molar-refractivity contribution in [2.75, 3.05) is 5.32 Å². The molecule has 0 unspecified atom stereocenters. The van der Waals surface area contributed by atoms with Crippen molar-refractivity contribution in [2.24, 2.45) is 0 Å². The molecule has 0 bridgehead atoms. The molecule has 76 valence electrons. The Morgan fingerprint density at radius 3 is 3.00 bits per heavy atom. The minimum atomic E-state index is -0.158. The number of hydrogen-bond acceptors (Lipinski definition) is 2. The largest absolute Gasteiger partial charge is 0.322 e. The van der Waals surface area contributed by atoms with Crippen LogP contribution in [0.25, 0.3) is 0 Å². The minimum Gasteiger partial charge on any atom is -0.322 e. The van der Waals surface area contributed by atoms with Crippen molar-refractivity contribution in [1.82, 2.24) is 10.2 Å². The van der Waals surface area contributed by atoms with Gasteiger partial charge in [0.1, 0.15) is 0 Å². The Balaban J connectivity index is 2.13. The van der Waals surface area contributed by atoms with Crippen LogP contribution in [-0.4, -0.2) is 16.1 Å². The normalized spacial score (nSPS) is 9.93. The molecule has 1 amide bonds. The zero-order valence-corrected chi connectivity index (χ0v) is 8.32. The number of aryl methyl sites for hydroxylation is 1. The SMILES string of the molecule is Cc1cccc(NC(=O)c2cn[nH]c2)c1. The third-order valence-corrected chi connectivity index (χ3v) is 2.04. The van der Waals surface area contributed by atoms with E-state index >= 15 is 0 Å². The molecular formula is C11H11N3O. The first-order valence-electron chi connectivity index (χ1n) is 4.62. The van der Waals surface area contributed by atoms with Crippen LogP contribution in [0.4, 0.5) is 5.69 Å². The van der Waals surface area contributed by atoms with Gasteiger partial charge in [-0.25, -0.2) is 0 Å². The van der Waals surface area contributed by atoms with Gasteiger partial charge in [0.15, 0.2) is 0 Å². The third-order valence-electron chi connectivity index (χ3n) is 2.04. The fraction of sp³-hybridized carbons (Fsp3) is 0.0909. The van der Waals surface area contributed by atoms with Gasteiger partial charge < -0.3 is 5.32 Å². The van der Waals surface area contributed by atoms with Crippen molar-refractivity contribution in [3.8, 4) is 0 Å². The van der Waals surface area contributed by atoms with Crippen LogP contribution < -0.4 is 5.32 Å². The van der Waals surface area contributed by atoms with Gasteiger partial charge in [-0.15, -0.1) is 0 Å². The number of anilines is 1. The number of nitrogens with one attached hydrogen (secondary N) is 2. The molecule has 1 aromatic carbocycles. The lowest BCUT2D eigenvalue weighted by Gasteiger charge is -2.03. The van der Waals surface area contributed by atoms with Gasteiger partial charge in [-0.05, 0) is 24.6 Å². The minimum absolute atomic E-state index is 0.158. The second kappa shape index (κ2) is 3.96. The summed E-state index contributed by atoms with van der Waals surface area (Å²) in [5.41, 5.74) is 2.43. The summed E-state index contributed by atoms with van der Waals surface area (Å²) in [4.78, 5) is 11.6. The summed E-state index contributed by atoms with van der Waals surface area (Å²) >= 11 is 0. The van der Waals surface area contributed by atoms with Crippen LogP contribution in [-0.2, 0) is 0 Å². The smallest absolute Gasteiger partial charge is 0.258 e. The van der Waals surface area contributed by atoms with Gasteiger partial charge in [0, 0.05) is 11.9 Å². The van der Waals surface area contributed by atoms with Gasteiger partial charge >= 0.3 is 0 Å². The fourth-order valence-corrected chi connectivity index (χ4v) is 1.30. The Labute approximate surface area is 87.3 Å². The van der Waals surface area contributed by atoms with Crippen LogP contribution >= 0.6 is 0 Å². The summed E-state index contributed by atoms with van der Waals surface area (Å²) in [6.45, 7) is 1.98. The van der Waals surface area contributed by atoms with Crippen LogP contribution in [0.1, 0.15) is 15.9 Å². The monoisotopic (exact) mass is 201 g/mol. The van der Waals surface area contributed by atoms with E-state index in [4.69, 9.17) is 0 Å². The molecular weight excluding hydrogens is 190 g/mol. The fourth-order valence-electron chi connectivity index (χ4n) is 1.30. The van der Waals surface area contributed by atoms with E-state index in [1.165, 1.54) is 6.20 Å². The third kappa shape index (κ3) is 2.22. The second-order valence-electron chi connectivity index (χ2n) is 3.31. The Bertz CT molecular complexity index is 462. The van der Waals surface area contributed by atoms with Gasteiger partial charge in [0.2, 0.25) is 0 Å². The Hall–Kier alpha value is -2.10. The maximum absolute atomic E-state index is 11.6. The summed E-state index contributed by atoms with van der Waals surface area (Å²) < 4.78 is 0. The number of amides is 1. The van der Waals surface area contributed by atoms with E-state index in [1.54, 1.807) is 6.20 Å². The summed E-state index contributed by atoms with van der Waals surface area (Å²) in [6.07, 6.45) is 3.05. The van der Waals surface area contributed by atoms with Crippen molar-refractivity contribution in [3.63, 3.8) is 0 Å². The summed E-state index contributed by atoms with van der Waals surface area (Å²) in [5.74, 6) is -0.158. The molecule has 2 rings (SSSR count). The predicted octanol–water partition coefficient (Wildman–Crippen LogP) is 1.97. The van der Waals surface area contributed by atoms with Crippen molar-refractivity contribution >= 4 is 11.6 Å². The predicted molar refractivity (Wildman–Crippen MR) is 57.7 cm³/mol. The number of H-pyrrole nitrogens is 1. The van der Waals surface area contributed by atoms with Crippen LogP contribution in [0, 0.1) is 6.92 Å². The first-order valence-corrected chi connectivity index (χ1v) is 4.62. The van der Waals surface area contributed by atoms with Gasteiger partial charge in [-0.1, -0.05) is 12.1 Å². The lowest BCUT2D eigenvalue weighted by Crippen LogP contribution is -2.10. The highest BCUT2D eigenvalue weighted by atomic mass is 16.1. The average Bonchev–Trinajstić information content (AvgIpc) is 2.70. The van der Waals surface area contributed by atoms with E-state index in [-0.39, 0.29) is 5.91 Å². The first-order chi connectivity index (χ1) is 7.25. The highest BCUT2D eigenvalue weighted by molar-refractivity contribution is 6.03. The van der Waals surface area contributed by atoms with Crippen LogP contribution in [0.15, 0.2) is 36.7 Å². The molecule has 2 N–H and O–H groups in total. The number of carbonyl (C=O) groups is 1. The van der Waals surface area contributed by atoms with Gasteiger partial charge in [0.25, 0.3) is 5.91 Å². The van der Waals surface area contributed by atoms with Crippen LogP contribution in [0.3, 0.4) is 0 Å². The van der Waals surface area contributed by atoms with Gasteiger partial charge in [-0.3, -0.25) is 9.89 Å². The van der Waals surface area contributed by atoms with Crippen molar-refractivity contribution in [1.29, 1.82) is 0 Å². The quantitative estimate of drug-likeness (QED) is 0.780. The average molecular weight is 201 g/mol.